The Labute approximate surface area is 154 Å². The first-order valence-corrected chi connectivity index (χ1v) is 9.48. The van der Waals surface area contributed by atoms with Gasteiger partial charge in [-0.05, 0) is 18.4 Å². The fourth-order valence-electron chi connectivity index (χ4n) is 3.72. The number of rotatable bonds is 3. The Bertz CT molecular complexity index is 894. The maximum Gasteiger partial charge on any atom is 0.141 e. The molecule has 3 heteroatoms. The lowest BCUT2D eigenvalue weighted by molar-refractivity contribution is 0.352. The molecule has 25 heavy (non-hydrogen) atoms. The van der Waals surface area contributed by atoms with E-state index < -0.39 is 0 Å². The summed E-state index contributed by atoms with van der Waals surface area (Å²) in [6, 6.07) is 21.3. The van der Waals surface area contributed by atoms with Gasteiger partial charge in [0.1, 0.15) is 10.5 Å². The summed E-state index contributed by atoms with van der Waals surface area (Å²) >= 11 is 5.66. The van der Waals surface area contributed by atoms with E-state index in [9.17, 15) is 0 Å². The Balaban J connectivity index is 1.89. The third-order valence-corrected chi connectivity index (χ3v) is 5.35. The van der Waals surface area contributed by atoms with Gasteiger partial charge < -0.3 is 4.57 Å². The van der Waals surface area contributed by atoms with E-state index in [4.69, 9.17) is 17.2 Å². The molecule has 3 aromatic rings. The van der Waals surface area contributed by atoms with Gasteiger partial charge in [-0.2, -0.15) is 0 Å². The molecule has 1 aliphatic rings. The van der Waals surface area contributed by atoms with Crippen molar-refractivity contribution in [3.63, 3.8) is 0 Å². The Morgan fingerprint density at radius 2 is 1.40 bits per heavy atom. The fourth-order valence-corrected chi connectivity index (χ4v) is 3.98. The van der Waals surface area contributed by atoms with Gasteiger partial charge in [-0.1, -0.05) is 92.1 Å². The average molecular weight is 346 g/mol. The molecular formula is C22H22N2S. The van der Waals surface area contributed by atoms with Crippen LogP contribution in [-0.2, 0) is 0 Å². The van der Waals surface area contributed by atoms with Crippen molar-refractivity contribution in [2.24, 2.45) is 0 Å². The van der Waals surface area contributed by atoms with Gasteiger partial charge in [-0.3, -0.25) is 0 Å². The van der Waals surface area contributed by atoms with Crippen LogP contribution in [0.25, 0.3) is 22.5 Å². The molecule has 0 bridgehead atoms. The van der Waals surface area contributed by atoms with Crippen LogP contribution < -0.4 is 0 Å². The predicted octanol–water partition coefficient (Wildman–Crippen LogP) is 6.45. The molecule has 0 atom stereocenters. The molecular weight excluding hydrogens is 324 g/mol. The van der Waals surface area contributed by atoms with E-state index >= 15 is 0 Å². The fraction of sp³-hybridized carbons (Fsp3) is 0.273. The zero-order chi connectivity index (χ0) is 17.1. The van der Waals surface area contributed by atoms with Crippen LogP contribution in [0.2, 0.25) is 0 Å². The smallest absolute Gasteiger partial charge is 0.141 e. The van der Waals surface area contributed by atoms with Crippen molar-refractivity contribution in [2.45, 2.75) is 38.1 Å². The van der Waals surface area contributed by atoms with Gasteiger partial charge in [0.15, 0.2) is 0 Å². The van der Waals surface area contributed by atoms with E-state index in [0.29, 0.717) is 10.7 Å². The summed E-state index contributed by atoms with van der Waals surface area (Å²) in [5.41, 5.74) is 3.34. The van der Waals surface area contributed by atoms with E-state index in [0.717, 1.165) is 22.5 Å². The topological polar surface area (TPSA) is 17.8 Å². The summed E-state index contributed by atoms with van der Waals surface area (Å²) < 4.78 is 3.06. The van der Waals surface area contributed by atoms with Gasteiger partial charge in [-0.15, -0.1) is 0 Å². The molecule has 1 heterocycles. The first-order valence-electron chi connectivity index (χ1n) is 9.07. The number of aromatic nitrogens is 2. The number of nitrogens with zero attached hydrogens (tertiary/aromatic N) is 2. The first-order chi connectivity index (χ1) is 12.3. The predicted molar refractivity (Wildman–Crippen MR) is 106 cm³/mol. The summed E-state index contributed by atoms with van der Waals surface area (Å²) in [4.78, 5) is 4.87. The van der Waals surface area contributed by atoms with Crippen molar-refractivity contribution in [1.82, 2.24) is 9.55 Å². The lowest BCUT2D eigenvalue weighted by Gasteiger charge is -2.27. The molecule has 0 amide bonds. The molecule has 2 aromatic carbocycles. The van der Waals surface area contributed by atoms with Crippen molar-refractivity contribution in [3.05, 3.63) is 71.5 Å². The normalized spacial score (nSPS) is 15.2. The lowest BCUT2D eigenvalue weighted by Crippen LogP contribution is -2.16. The number of hydrogen-bond acceptors (Lipinski definition) is 2. The van der Waals surface area contributed by atoms with Crippen LogP contribution in [0.5, 0.6) is 0 Å². The molecule has 0 saturated heterocycles. The molecule has 0 radical (unpaired) electrons. The second-order valence-electron chi connectivity index (χ2n) is 6.71. The Morgan fingerprint density at radius 1 is 0.800 bits per heavy atom. The van der Waals surface area contributed by atoms with Gasteiger partial charge in [0.2, 0.25) is 0 Å². The van der Waals surface area contributed by atoms with Crippen LogP contribution in [0.3, 0.4) is 0 Å². The van der Waals surface area contributed by atoms with Crippen LogP contribution in [0.1, 0.15) is 38.1 Å². The molecule has 0 spiro atoms. The van der Waals surface area contributed by atoms with E-state index in [1.54, 1.807) is 0 Å². The second kappa shape index (κ2) is 7.32. The Kier molecular flexibility index (Phi) is 4.75. The summed E-state index contributed by atoms with van der Waals surface area (Å²) in [6.07, 6.45) is 8.61. The highest BCUT2D eigenvalue weighted by Gasteiger charge is 2.19. The SMILES string of the molecule is S=c1nc(-c2ccccc2)n(C2CCCCC2)cc1-c1ccccc1. The third-order valence-electron chi connectivity index (χ3n) is 5.04. The molecule has 1 aromatic heterocycles. The maximum absolute atomic E-state index is 5.66. The van der Waals surface area contributed by atoms with Gasteiger partial charge in [-0.25, -0.2) is 4.98 Å². The van der Waals surface area contributed by atoms with Crippen molar-refractivity contribution in [2.75, 3.05) is 0 Å². The van der Waals surface area contributed by atoms with Gasteiger partial charge in [0, 0.05) is 23.4 Å². The van der Waals surface area contributed by atoms with Crippen LogP contribution in [0.15, 0.2) is 66.9 Å². The van der Waals surface area contributed by atoms with Gasteiger partial charge in [0.25, 0.3) is 0 Å². The molecule has 0 aliphatic heterocycles. The minimum Gasteiger partial charge on any atom is -0.329 e. The first kappa shape index (κ1) is 16.2. The molecule has 1 saturated carbocycles. The molecule has 0 unspecified atom stereocenters. The van der Waals surface area contributed by atoms with Crippen molar-refractivity contribution in [3.8, 4) is 22.5 Å². The van der Waals surface area contributed by atoms with Gasteiger partial charge >= 0.3 is 0 Å². The Morgan fingerprint density at radius 3 is 2.04 bits per heavy atom. The summed E-state index contributed by atoms with van der Waals surface area (Å²) in [6.45, 7) is 0. The van der Waals surface area contributed by atoms with Crippen LogP contribution >= 0.6 is 12.2 Å². The van der Waals surface area contributed by atoms with E-state index in [1.165, 1.54) is 32.1 Å². The molecule has 1 fully saturated rings. The van der Waals surface area contributed by atoms with E-state index in [-0.39, 0.29) is 0 Å². The minimum absolute atomic E-state index is 0.509. The Hall–Kier alpha value is -2.26. The highest BCUT2D eigenvalue weighted by atomic mass is 32.1. The average Bonchev–Trinajstić information content (AvgIpc) is 2.70. The number of hydrogen-bond donors (Lipinski definition) is 0. The summed E-state index contributed by atoms with van der Waals surface area (Å²) in [5.74, 6) is 0.997. The monoisotopic (exact) mass is 346 g/mol. The highest BCUT2D eigenvalue weighted by Crippen LogP contribution is 2.33. The van der Waals surface area contributed by atoms with E-state index in [2.05, 4.69) is 59.3 Å². The second-order valence-corrected chi connectivity index (χ2v) is 7.10. The maximum atomic E-state index is 5.66. The standard InChI is InChI=1S/C22H22N2S/c25-22-20(17-10-4-1-5-11-17)16-24(19-14-8-3-9-15-19)21(23-22)18-12-6-2-7-13-18/h1-2,4-7,10-13,16,19H,3,8-9,14-15H2. The van der Waals surface area contributed by atoms with Gasteiger partial charge in [0.05, 0.1) is 0 Å². The zero-order valence-electron chi connectivity index (χ0n) is 14.3. The lowest BCUT2D eigenvalue weighted by atomic mass is 9.94. The summed E-state index contributed by atoms with van der Waals surface area (Å²) in [5, 5.41) is 0. The van der Waals surface area contributed by atoms with Crippen molar-refractivity contribution in [1.29, 1.82) is 0 Å². The molecule has 1 aliphatic carbocycles. The van der Waals surface area contributed by atoms with Crippen molar-refractivity contribution >= 4 is 12.2 Å². The molecule has 2 nitrogen and oxygen atoms in total. The van der Waals surface area contributed by atoms with Crippen molar-refractivity contribution < 1.29 is 0 Å². The molecule has 126 valence electrons. The van der Waals surface area contributed by atoms with Crippen LogP contribution in [-0.4, -0.2) is 9.55 Å². The van der Waals surface area contributed by atoms with Crippen LogP contribution in [0.4, 0.5) is 0 Å². The minimum atomic E-state index is 0.509. The summed E-state index contributed by atoms with van der Waals surface area (Å²) in [7, 11) is 0. The zero-order valence-corrected chi connectivity index (χ0v) is 15.1. The largest absolute Gasteiger partial charge is 0.329 e. The van der Waals surface area contributed by atoms with Crippen LogP contribution in [0, 0.1) is 4.64 Å². The third kappa shape index (κ3) is 3.42. The van der Waals surface area contributed by atoms with E-state index in [1.807, 2.05) is 12.1 Å². The molecule has 4 rings (SSSR count). The highest BCUT2D eigenvalue weighted by molar-refractivity contribution is 7.71. The molecule has 0 N–H and O–H groups in total. The number of benzene rings is 2. The quantitative estimate of drug-likeness (QED) is 0.507.